The Hall–Kier alpha value is -2.69. The molecule has 2 aromatic rings. The lowest BCUT2D eigenvalue weighted by Gasteiger charge is -2.07. The number of pyridine rings is 1. The van der Waals surface area contributed by atoms with Crippen molar-refractivity contribution in [3.63, 3.8) is 0 Å². The lowest BCUT2D eigenvalue weighted by atomic mass is 10.1. The van der Waals surface area contributed by atoms with E-state index in [-0.39, 0.29) is 11.7 Å². The number of Topliss-reactive ketones (excluding diaryl/α,β-unsaturated/α-hetero) is 1. The molecule has 0 radical (unpaired) electrons. The number of aromatic nitrogens is 1. The second-order valence-corrected chi connectivity index (χ2v) is 4.05. The number of nitrogens with one attached hydrogen (secondary N) is 1. The SMILES string of the molecule is CC(=O)c1ccc(NC(=O)c2ccncc2N)cc1. The number of amides is 1. The van der Waals surface area contributed by atoms with Crippen molar-refractivity contribution in [1.82, 2.24) is 4.98 Å². The standard InChI is InChI=1S/C14H13N3O2/c1-9(18)10-2-4-11(5-3-10)17-14(19)12-6-7-16-8-13(12)15/h2-8H,15H2,1H3,(H,17,19). The van der Waals surface area contributed by atoms with Crippen LogP contribution in [0.5, 0.6) is 0 Å². The summed E-state index contributed by atoms with van der Waals surface area (Å²) < 4.78 is 0. The molecule has 0 aliphatic carbocycles. The van der Waals surface area contributed by atoms with Gasteiger partial charge in [-0.15, -0.1) is 0 Å². The molecule has 0 aliphatic heterocycles. The number of rotatable bonds is 3. The zero-order chi connectivity index (χ0) is 13.8. The minimum Gasteiger partial charge on any atom is -0.397 e. The number of nitrogens with zero attached hydrogens (tertiary/aromatic N) is 1. The van der Waals surface area contributed by atoms with Gasteiger partial charge in [0.15, 0.2) is 5.78 Å². The van der Waals surface area contributed by atoms with Crippen LogP contribution < -0.4 is 11.1 Å². The van der Waals surface area contributed by atoms with Gasteiger partial charge in [-0.25, -0.2) is 0 Å². The highest BCUT2D eigenvalue weighted by atomic mass is 16.1. The van der Waals surface area contributed by atoms with Gasteiger partial charge in [0.25, 0.3) is 5.91 Å². The van der Waals surface area contributed by atoms with E-state index >= 15 is 0 Å². The van der Waals surface area contributed by atoms with Gasteiger partial charge >= 0.3 is 0 Å². The maximum absolute atomic E-state index is 12.0. The minimum atomic E-state index is -0.310. The number of anilines is 2. The molecule has 5 nitrogen and oxygen atoms in total. The van der Waals surface area contributed by atoms with Crippen LogP contribution in [0.4, 0.5) is 11.4 Å². The van der Waals surface area contributed by atoms with E-state index < -0.39 is 0 Å². The molecule has 1 heterocycles. The molecule has 0 atom stereocenters. The van der Waals surface area contributed by atoms with E-state index in [0.29, 0.717) is 22.5 Å². The highest BCUT2D eigenvalue weighted by Crippen LogP contribution is 2.14. The van der Waals surface area contributed by atoms with Crippen LogP contribution in [0, 0.1) is 0 Å². The second kappa shape index (κ2) is 5.30. The predicted octanol–water partition coefficient (Wildman–Crippen LogP) is 2.12. The average molecular weight is 255 g/mol. The van der Waals surface area contributed by atoms with E-state index in [1.165, 1.54) is 19.3 Å². The number of nitrogen functional groups attached to an aromatic ring is 1. The van der Waals surface area contributed by atoms with Crippen molar-refractivity contribution >= 4 is 23.1 Å². The summed E-state index contributed by atoms with van der Waals surface area (Å²) in [4.78, 5) is 26.9. The summed E-state index contributed by atoms with van der Waals surface area (Å²) in [5, 5.41) is 2.71. The Morgan fingerprint density at radius 3 is 2.42 bits per heavy atom. The van der Waals surface area contributed by atoms with Crippen molar-refractivity contribution in [2.24, 2.45) is 0 Å². The smallest absolute Gasteiger partial charge is 0.257 e. The van der Waals surface area contributed by atoms with E-state index in [0.717, 1.165) is 0 Å². The van der Waals surface area contributed by atoms with Gasteiger partial charge in [0.1, 0.15) is 0 Å². The fourth-order valence-corrected chi connectivity index (χ4v) is 1.60. The van der Waals surface area contributed by atoms with Crippen LogP contribution in [0.3, 0.4) is 0 Å². The predicted molar refractivity (Wildman–Crippen MR) is 73.0 cm³/mol. The number of nitrogens with two attached hydrogens (primary N) is 1. The third-order valence-electron chi connectivity index (χ3n) is 2.65. The average Bonchev–Trinajstić information content (AvgIpc) is 2.39. The van der Waals surface area contributed by atoms with Crippen LogP contribution >= 0.6 is 0 Å². The van der Waals surface area contributed by atoms with Crippen LogP contribution in [0.15, 0.2) is 42.7 Å². The van der Waals surface area contributed by atoms with Crippen LogP contribution in [0.25, 0.3) is 0 Å². The fraction of sp³-hybridized carbons (Fsp3) is 0.0714. The van der Waals surface area contributed by atoms with Gasteiger partial charge in [-0.3, -0.25) is 14.6 Å². The Morgan fingerprint density at radius 1 is 1.16 bits per heavy atom. The molecule has 0 unspecified atom stereocenters. The molecule has 1 aromatic carbocycles. The van der Waals surface area contributed by atoms with Crippen molar-refractivity contribution in [3.05, 3.63) is 53.9 Å². The fourth-order valence-electron chi connectivity index (χ4n) is 1.60. The molecule has 2 rings (SSSR count). The summed E-state index contributed by atoms with van der Waals surface area (Å²) in [6.07, 6.45) is 2.93. The van der Waals surface area contributed by atoms with Gasteiger partial charge in [-0.1, -0.05) is 0 Å². The van der Waals surface area contributed by atoms with Gasteiger partial charge in [0.05, 0.1) is 17.4 Å². The molecule has 1 aromatic heterocycles. The molecule has 0 saturated carbocycles. The molecule has 0 aliphatic rings. The van der Waals surface area contributed by atoms with Gasteiger partial charge < -0.3 is 11.1 Å². The summed E-state index contributed by atoms with van der Waals surface area (Å²) in [5.74, 6) is -0.327. The summed E-state index contributed by atoms with van der Waals surface area (Å²) in [7, 11) is 0. The Bertz CT molecular complexity index is 621. The highest BCUT2D eigenvalue weighted by molar-refractivity contribution is 6.07. The largest absolute Gasteiger partial charge is 0.397 e. The summed E-state index contributed by atoms with van der Waals surface area (Å²) in [5.41, 5.74) is 7.56. The van der Waals surface area contributed by atoms with E-state index in [9.17, 15) is 9.59 Å². The highest BCUT2D eigenvalue weighted by Gasteiger charge is 2.09. The summed E-state index contributed by atoms with van der Waals surface area (Å²) >= 11 is 0. The number of benzene rings is 1. The topological polar surface area (TPSA) is 85.1 Å². The van der Waals surface area contributed by atoms with Gasteiger partial charge in [0.2, 0.25) is 0 Å². The van der Waals surface area contributed by atoms with Gasteiger partial charge in [-0.05, 0) is 37.3 Å². The lowest BCUT2D eigenvalue weighted by Crippen LogP contribution is -2.14. The number of carbonyl (C=O) groups is 2. The summed E-state index contributed by atoms with van der Waals surface area (Å²) in [6.45, 7) is 1.49. The number of hydrogen-bond acceptors (Lipinski definition) is 4. The molecule has 5 heteroatoms. The molecule has 96 valence electrons. The zero-order valence-corrected chi connectivity index (χ0v) is 10.4. The normalized spacial score (nSPS) is 9.95. The van der Waals surface area contributed by atoms with Crippen LogP contribution in [-0.4, -0.2) is 16.7 Å². The molecule has 19 heavy (non-hydrogen) atoms. The monoisotopic (exact) mass is 255 g/mol. The van der Waals surface area contributed by atoms with Crippen LogP contribution in [0.2, 0.25) is 0 Å². The lowest BCUT2D eigenvalue weighted by molar-refractivity contribution is 0.101. The molecule has 0 bridgehead atoms. The molecule has 0 fully saturated rings. The van der Waals surface area contributed by atoms with Crippen LogP contribution in [0.1, 0.15) is 27.6 Å². The molecular formula is C14H13N3O2. The molecule has 3 N–H and O–H groups in total. The van der Waals surface area contributed by atoms with E-state index in [4.69, 9.17) is 5.73 Å². The molecule has 0 saturated heterocycles. The van der Waals surface area contributed by atoms with Gasteiger partial charge in [-0.2, -0.15) is 0 Å². The van der Waals surface area contributed by atoms with Crippen LogP contribution in [-0.2, 0) is 0 Å². The van der Waals surface area contributed by atoms with E-state index in [2.05, 4.69) is 10.3 Å². The second-order valence-electron chi connectivity index (χ2n) is 4.05. The summed E-state index contributed by atoms with van der Waals surface area (Å²) in [6, 6.07) is 8.22. The third-order valence-corrected chi connectivity index (χ3v) is 2.65. The van der Waals surface area contributed by atoms with Crippen molar-refractivity contribution in [1.29, 1.82) is 0 Å². The van der Waals surface area contributed by atoms with Crippen molar-refractivity contribution in [3.8, 4) is 0 Å². The zero-order valence-electron chi connectivity index (χ0n) is 10.4. The quantitative estimate of drug-likeness (QED) is 0.822. The first kappa shape index (κ1) is 12.8. The number of carbonyl (C=O) groups excluding carboxylic acids is 2. The Kier molecular flexibility index (Phi) is 3.56. The third kappa shape index (κ3) is 2.95. The maximum Gasteiger partial charge on any atom is 0.257 e. The number of hydrogen-bond donors (Lipinski definition) is 2. The molecular weight excluding hydrogens is 242 g/mol. The van der Waals surface area contributed by atoms with Gasteiger partial charge in [0, 0.05) is 17.4 Å². The van der Waals surface area contributed by atoms with Crippen molar-refractivity contribution in [2.75, 3.05) is 11.1 Å². The van der Waals surface area contributed by atoms with Crippen molar-refractivity contribution < 1.29 is 9.59 Å². The Balaban J connectivity index is 2.15. The first-order valence-electron chi connectivity index (χ1n) is 5.70. The maximum atomic E-state index is 12.0. The minimum absolute atomic E-state index is 0.0174. The Labute approximate surface area is 110 Å². The first-order chi connectivity index (χ1) is 9.08. The first-order valence-corrected chi connectivity index (χ1v) is 5.70. The molecule has 0 spiro atoms. The molecule has 1 amide bonds. The van der Waals surface area contributed by atoms with E-state index in [1.54, 1.807) is 30.3 Å². The number of ketones is 1. The van der Waals surface area contributed by atoms with E-state index in [1.807, 2.05) is 0 Å². The Morgan fingerprint density at radius 2 is 1.84 bits per heavy atom. The van der Waals surface area contributed by atoms with Crippen molar-refractivity contribution in [2.45, 2.75) is 6.92 Å².